The molecule has 7 heteroatoms. The SMILES string of the molecule is CCC(C)(O)CNc1cc(C(=O)N(C)C)ccc1[N+](=O)[O-]. The lowest BCUT2D eigenvalue weighted by atomic mass is 10.0. The largest absolute Gasteiger partial charge is 0.388 e. The van der Waals surface area contributed by atoms with E-state index < -0.39 is 10.5 Å². The number of benzene rings is 1. The minimum atomic E-state index is -0.977. The first kappa shape index (κ1) is 16.9. The first-order chi connectivity index (χ1) is 9.68. The van der Waals surface area contributed by atoms with E-state index in [0.717, 1.165) is 0 Å². The van der Waals surface area contributed by atoms with Crippen LogP contribution < -0.4 is 5.32 Å². The molecule has 1 atom stereocenters. The highest BCUT2D eigenvalue weighted by Crippen LogP contribution is 2.26. The summed E-state index contributed by atoms with van der Waals surface area (Å²) in [6.45, 7) is 3.62. The van der Waals surface area contributed by atoms with Crippen LogP contribution in [0.1, 0.15) is 30.6 Å². The van der Waals surface area contributed by atoms with Gasteiger partial charge in [0, 0.05) is 32.3 Å². The Balaban J connectivity index is 3.10. The second kappa shape index (κ2) is 6.53. The molecule has 1 aromatic rings. The average molecular weight is 295 g/mol. The zero-order chi connectivity index (χ0) is 16.2. The number of nitrogens with zero attached hydrogens (tertiary/aromatic N) is 2. The molecule has 0 aliphatic rings. The lowest BCUT2D eigenvalue weighted by molar-refractivity contribution is -0.384. The van der Waals surface area contributed by atoms with Crippen molar-refractivity contribution in [1.29, 1.82) is 0 Å². The Hall–Kier alpha value is -2.15. The van der Waals surface area contributed by atoms with Crippen LogP contribution in [0.2, 0.25) is 0 Å². The molecule has 1 aromatic carbocycles. The molecule has 7 nitrogen and oxygen atoms in total. The summed E-state index contributed by atoms with van der Waals surface area (Å²) in [6.07, 6.45) is 0.504. The molecule has 0 bridgehead atoms. The number of hydrogen-bond donors (Lipinski definition) is 2. The third kappa shape index (κ3) is 4.42. The smallest absolute Gasteiger partial charge is 0.292 e. The number of amides is 1. The number of carbonyl (C=O) groups is 1. The zero-order valence-electron chi connectivity index (χ0n) is 12.7. The van der Waals surface area contributed by atoms with Crippen molar-refractivity contribution in [3.63, 3.8) is 0 Å². The Morgan fingerprint density at radius 2 is 2.10 bits per heavy atom. The molecule has 1 amide bonds. The summed E-state index contributed by atoms with van der Waals surface area (Å²) in [6, 6.07) is 4.15. The van der Waals surface area contributed by atoms with Crippen LogP contribution in [0.4, 0.5) is 11.4 Å². The van der Waals surface area contributed by atoms with Gasteiger partial charge in [-0.1, -0.05) is 6.92 Å². The van der Waals surface area contributed by atoms with E-state index in [0.29, 0.717) is 12.0 Å². The van der Waals surface area contributed by atoms with Crippen molar-refractivity contribution < 1.29 is 14.8 Å². The normalized spacial score (nSPS) is 13.4. The Labute approximate surface area is 123 Å². The van der Waals surface area contributed by atoms with Gasteiger partial charge in [0.15, 0.2) is 0 Å². The van der Waals surface area contributed by atoms with Crippen LogP contribution in [0.15, 0.2) is 18.2 Å². The molecule has 0 radical (unpaired) electrons. The molecule has 21 heavy (non-hydrogen) atoms. The van der Waals surface area contributed by atoms with Crippen LogP contribution in [0.5, 0.6) is 0 Å². The number of rotatable bonds is 6. The molecule has 0 aliphatic heterocycles. The fraction of sp³-hybridized carbons (Fsp3) is 0.500. The second-order valence-corrected chi connectivity index (χ2v) is 5.39. The third-order valence-corrected chi connectivity index (χ3v) is 3.27. The highest BCUT2D eigenvalue weighted by molar-refractivity contribution is 5.95. The van der Waals surface area contributed by atoms with E-state index in [1.165, 1.54) is 23.1 Å². The van der Waals surface area contributed by atoms with E-state index in [9.17, 15) is 20.0 Å². The van der Waals surface area contributed by atoms with Gasteiger partial charge in [0.25, 0.3) is 11.6 Å². The molecule has 1 unspecified atom stereocenters. The highest BCUT2D eigenvalue weighted by Gasteiger charge is 2.21. The predicted octanol–water partition coefficient (Wildman–Crippen LogP) is 1.87. The lowest BCUT2D eigenvalue weighted by Crippen LogP contribution is -2.32. The van der Waals surface area contributed by atoms with E-state index in [-0.39, 0.29) is 23.8 Å². The minimum absolute atomic E-state index is 0.128. The van der Waals surface area contributed by atoms with E-state index >= 15 is 0 Å². The molecule has 0 spiro atoms. The third-order valence-electron chi connectivity index (χ3n) is 3.27. The maximum atomic E-state index is 11.9. The van der Waals surface area contributed by atoms with Crippen molar-refractivity contribution in [3.8, 4) is 0 Å². The molecule has 0 aliphatic carbocycles. The summed E-state index contributed by atoms with van der Waals surface area (Å²) in [5.74, 6) is -0.241. The van der Waals surface area contributed by atoms with Crippen molar-refractivity contribution in [2.75, 3.05) is 26.0 Å². The van der Waals surface area contributed by atoms with Gasteiger partial charge in [0.2, 0.25) is 0 Å². The molecule has 1 rings (SSSR count). The lowest BCUT2D eigenvalue weighted by Gasteiger charge is -2.22. The predicted molar refractivity (Wildman–Crippen MR) is 80.5 cm³/mol. The fourth-order valence-electron chi connectivity index (χ4n) is 1.64. The molecular weight excluding hydrogens is 274 g/mol. The summed E-state index contributed by atoms with van der Waals surface area (Å²) in [5.41, 5.74) is -0.530. The number of anilines is 1. The van der Waals surface area contributed by atoms with Crippen LogP contribution in [-0.4, -0.2) is 47.1 Å². The van der Waals surface area contributed by atoms with Gasteiger partial charge in [-0.15, -0.1) is 0 Å². The maximum absolute atomic E-state index is 11.9. The number of aliphatic hydroxyl groups is 1. The topological polar surface area (TPSA) is 95.7 Å². The van der Waals surface area contributed by atoms with Gasteiger partial charge < -0.3 is 15.3 Å². The van der Waals surface area contributed by atoms with Crippen LogP contribution in [-0.2, 0) is 0 Å². The van der Waals surface area contributed by atoms with E-state index in [1.807, 2.05) is 6.92 Å². The van der Waals surface area contributed by atoms with Crippen LogP contribution >= 0.6 is 0 Å². The monoisotopic (exact) mass is 295 g/mol. The fourth-order valence-corrected chi connectivity index (χ4v) is 1.64. The zero-order valence-corrected chi connectivity index (χ0v) is 12.7. The van der Waals surface area contributed by atoms with Crippen molar-refractivity contribution >= 4 is 17.3 Å². The van der Waals surface area contributed by atoms with Gasteiger partial charge in [-0.2, -0.15) is 0 Å². The number of hydrogen-bond acceptors (Lipinski definition) is 5. The Morgan fingerprint density at radius 1 is 1.48 bits per heavy atom. The average Bonchev–Trinajstić information content (AvgIpc) is 2.43. The molecular formula is C14H21N3O4. The maximum Gasteiger partial charge on any atom is 0.292 e. The molecule has 0 fully saturated rings. The molecule has 2 N–H and O–H groups in total. The van der Waals surface area contributed by atoms with Crippen LogP contribution in [0, 0.1) is 10.1 Å². The van der Waals surface area contributed by atoms with Crippen molar-refractivity contribution in [2.24, 2.45) is 0 Å². The van der Waals surface area contributed by atoms with Gasteiger partial charge in [-0.3, -0.25) is 14.9 Å². The molecule has 0 saturated carbocycles. The summed E-state index contributed by atoms with van der Waals surface area (Å²) in [5, 5.41) is 23.9. The quantitative estimate of drug-likeness (QED) is 0.617. The van der Waals surface area contributed by atoms with Gasteiger partial charge in [0.1, 0.15) is 5.69 Å². The highest BCUT2D eigenvalue weighted by atomic mass is 16.6. The Morgan fingerprint density at radius 3 is 2.57 bits per heavy atom. The Kier molecular flexibility index (Phi) is 5.26. The second-order valence-electron chi connectivity index (χ2n) is 5.39. The first-order valence-electron chi connectivity index (χ1n) is 6.64. The summed E-state index contributed by atoms with van der Waals surface area (Å²) >= 11 is 0. The molecule has 0 saturated heterocycles. The number of nitro benzene ring substituents is 1. The van der Waals surface area contributed by atoms with Gasteiger partial charge in [-0.25, -0.2) is 0 Å². The molecule has 116 valence electrons. The summed E-state index contributed by atoms with van der Waals surface area (Å²) < 4.78 is 0. The molecule has 0 heterocycles. The van der Waals surface area contributed by atoms with E-state index in [2.05, 4.69) is 5.32 Å². The number of nitrogens with one attached hydrogen (secondary N) is 1. The van der Waals surface area contributed by atoms with Crippen molar-refractivity contribution in [3.05, 3.63) is 33.9 Å². The van der Waals surface area contributed by atoms with Gasteiger partial charge >= 0.3 is 0 Å². The van der Waals surface area contributed by atoms with Crippen LogP contribution in [0.3, 0.4) is 0 Å². The van der Waals surface area contributed by atoms with E-state index in [4.69, 9.17) is 0 Å². The van der Waals surface area contributed by atoms with Gasteiger partial charge in [0.05, 0.1) is 10.5 Å². The standard InChI is InChI=1S/C14H21N3O4/c1-5-14(2,19)9-15-11-8-10(13(18)16(3)4)6-7-12(11)17(20)21/h6-8,15,19H,5,9H2,1-4H3. The number of carbonyl (C=O) groups excluding carboxylic acids is 1. The number of nitro groups is 1. The van der Waals surface area contributed by atoms with E-state index in [1.54, 1.807) is 21.0 Å². The summed E-state index contributed by atoms with van der Waals surface area (Å²) in [4.78, 5) is 23.8. The Bertz CT molecular complexity index is 541. The summed E-state index contributed by atoms with van der Waals surface area (Å²) in [7, 11) is 3.22. The van der Waals surface area contributed by atoms with Crippen molar-refractivity contribution in [2.45, 2.75) is 25.9 Å². The minimum Gasteiger partial charge on any atom is -0.388 e. The van der Waals surface area contributed by atoms with Gasteiger partial charge in [-0.05, 0) is 25.5 Å². The first-order valence-corrected chi connectivity index (χ1v) is 6.64. The molecule has 0 aromatic heterocycles. The van der Waals surface area contributed by atoms with Crippen LogP contribution in [0.25, 0.3) is 0 Å². The van der Waals surface area contributed by atoms with Crippen molar-refractivity contribution in [1.82, 2.24) is 4.90 Å².